The fourth-order valence-corrected chi connectivity index (χ4v) is 2.90. The Bertz CT molecular complexity index is 468. The smallest absolute Gasteiger partial charge is 0.143 e. The number of ether oxygens (including phenoxy) is 1. The van der Waals surface area contributed by atoms with Crippen molar-refractivity contribution in [2.24, 2.45) is 0 Å². The molecular weight excluding hydrogens is 280 g/mol. The van der Waals surface area contributed by atoms with Crippen molar-refractivity contribution in [3.8, 4) is 5.75 Å². The summed E-state index contributed by atoms with van der Waals surface area (Å²) in [4.78, 5) is 12.1. The van der Waals surface area contributed by atoms with Crippen molar-refractivity contribution in [2.75, 3.05) is 7.11 Å². The third-order valence-corrected chi connectivity index (χ3v) is 4.63. The quantitative estimate of drug-likeness (QED) is 0.830. The number of benzene rings is 1. The van der Waals surface area contributed by atoms with Gasteiger partial charge in [-0.25, -0.2) is 0 Å². The molecule has 0 aliphatic heterocycles. The van der Waals surface area contributed by atoms with E-state index in [0.29, 0.717) is 12.2 Å². The molecule has 0 radical (unpaired) electrons. The van der Waals surface area contributed by atoms with E-state index in [1.54, 1.807) is 7.11 Å². The van der Waals surface area contributed by atoms with Gasteiger partial charge in [-0.2, -0.15) is 0 Å². The topological polar surface area (TPSA) is 26.3 Å². The molecule has 1 atom stereocenters. The maximum absolute atomic E-state index is 12.1. The Kier molecular flexibility index (Phi) is 3.30. The lowest BCUT2D eigenvalue weighted by atomic mass is 9.79. The number of methoxy groups -OCH3 is 1. The van der Waals surface area contributed by atoms with Gasteiger partial charge in [0.2, 0.25) is 0 Å². The van der Waals surface area contributed by atoms with E-state index in [1.807, 2.05) is 26.0 Å². The normalized spacial score (nSPS) is 24.1. The van der Waals surface area contributed by atoms with Gasteiger partial charge in [-0.1, -0.05) is 15.9 Å². The van der Waals surface area contributed by atoms with Crippen LogP contribution in [0.3, 0.4) is 0 Å². The van der Waals surface area contributed by atoms with Gasteiger partial charge in [0, 0.05) is 16.5 Å². The molecule has 0 aromatic heterocycles. The van der Waals surface area contributed by atoms with E-state index in [-0.39, 0.29) is 5.41 Å². The summed E-state index contributed by atoms with van der Waals surface area (Å²) in [6.45, 7) is 4.05. The third-order valence-electron chi connectivity index (χ3n) is 3.77. The molecule has 17 heavy (non-hydrogen) atoms. The van der Waals surface area contributed by atoms with Gasteiger partial charge < -0.3 is 4.74 Å². The van der Waals surface area contributed by atoms with Crippen molar-refractivity contribution in [1.29, 1.82) is 0 Å². The van der Waals surface area contributed by atoms with Crippen LogP contribution in [0.5, 0.6) is 5.75 Å². The molecule has 0 spiro atoms. The number of hydrogen-bond acceptors (Lipinski definition) is 2. The Morgan fingerprint density at radius 2 is 2.12 bits per heavy atom. The Hall–Kier alpha value is -0.830. The Morgan fingerprint density at radius 1 is 1.41 bits per heavy atom. The van der Waals surface area contributed by atoms with Crippen molar-refractivity contribution in [3.05, 3.63) is 27.7 Å². The lowest BCUT2D eigenvalue weighted by Gasteiger charge is -2.25. The Balaban J connectivity index is 2.58. The van der Waals surface area contributed by atoms with Gasteiger partial charge in [0.25, 0.3) is 0 Å². The van der Waals surface area contributed by atoms with Crippen LogP contribution in [-0.4, -0.2) is 12.9 Å². The highest BCUT2D eigenvalue weighted by molar-refractivity contribution is 9.10. The first-order valence-electron chi connectivity index (χ1n) is 5.87. The molecule has 0 amide bonds. The van der Waals surface area contributed by atoms with Crippen LogP contribution in [0.1, 0.15) is 37.3 Å². The molecule has 1 unspecified atom stereocenters. The van der Waals surface area contributed by atoms with E-state index >= 15 is 0 Å². The maximum Gasteiger partial charge on any atom is 0.143 e. The molecular formula is C14H17BrO2. The number of carbonyl (C=O) groups excluding carboxylic acids is 1. The first kappa shape index (κ1) is 12.6. The molecule has 0 bridgehead atoms. The van der Waals surface area contributed by atoms with Crippen LogP contribution < -0.4 is 4.74 Å². The second-order valence-electron chi connectivity index (χ2n) is 4.91. The molecule has 1 aliphatic rings. The number of hydrogen-bond donors (Lipinski definition) is 0. The molecule has 1 aromatic carbocycles. The standard InChI is InChI=1S/C14H17BrO2/c1-9-7-12(17-3)10(8-11(9)15)14(2)6-4-5-13(14)16/h7-8H,4-6H2,1-3H3. The zero-order valence-corrected chi connectivity index (χ0v) is 12.1. The Morgan fingerprint density at radius 3 is 2.65 bits per heavy atom. The van der Waals surface area contributed by atoms with Crippen LogP contribution in [0, 0.1) is 6.92 Å². The number of rotatable bonds is 2. The average Bonchev–Trinajstić information content (AvgIpc) is 2.63. The number of ketones is 1. The molecule has 1 saturated carbocycles. The molecule has 3 heteroatoms. The second-order valence-corrected chi connectivity index (χ2v) is 5.76. The highest BCUT2D eigenvalue weighted by Crippen LogP contribution is 2.43. The minimum absolute atomic E-state index is 0.326. The van der Waals surface area contributed by atoms with E-state index in [9.17, 15) is 4.79 Å². The minimum atomic E-state index is -0.373. The molecule has 0 heterocycles. The highest BCUT2D eigenvalue weighted by Gasteiger charge is 2.41. The molecule has 2 rings (SSSR count). The molecule has 0 saturated heterocycles. The van der Waals surface area contributed by atoms with Crippen molar-refractivity contribution in [1.82, 2.24) is 0 Å². The SMILES string of the molecule is COc1cc(C)c(Br)cc1C1(C)CCCC1=O. The first-order chi connectivity index (χ1) is 7.99. The fourth-order valence-electron chi connectivity index (χ4n) is 2.56. The maximum atomic E-state index is 12.1. The van der Waals surface area contributed by atoms with Gasteiger partial charge in [0.05, 0.1) is 12.5 Å². The summed E-state index contributed by atoms with van der Waals surface area (Å²) in [5.41, 5.74) is 1.77. The van der Waals surface area contributed by atoms with E-state index in [1.165, 1.54) is 0 Å². The molecule has 0 N–H and O–H groups in total. The Labute approximate surface area is 110 Å². The summed E-state index contributed by atoms with van der Waals surface area (Å²) in [5, 5.41) is 0. The molecule has 1 aromatic rings. The van der Waals surface area contributed by atoms with Gasteiger partial charge in [0.1, 0.15) is 11.5 Å². The van der Waals surface area contributed by atoms with Crippen molar-refractivity contribution < 1.29 is 9.53 Å². The van der Waals surface area contributed by atoms with Gasteiger partial charge in [0.15, 0.2) is 0 Å². The van der Waals surface area contributed by atoms with Crippen molar-refractivity contribution >= 4 is 21.7 Å². The lowest BCUT2D eigenvalue weighted by molar-refractivity contribution is -0.121. The monoisotopic (exact) mass is 296 g/mol. The predicted octanol–water partition coefficient (Wildman–Crippen LogP) is 3.78. The van der Waals surface area contributed by atoms with Crippen LogP contribution in [0.25, 0.3) is 0 Å². The molecule has 1 fully saturated rings. The summed E-state index contributed by atoms with van der Waals surface area (Å²) in [6, 6.07) is 4.04. The summed E-state index contributed by atoms with van der Waals surface area (Å²) in [7, 11) is 1.66. The second kappa shape index (κ2) is 4.45. The fraction of sp³-hybridized carbons (Fsp3) is 0.500. The minimum Gasteiger partial charge on any atom is -0.496 e. The summed E-state index contributed by atoms with van der Waals surface area (Å²) >= 11 is 3.53. The van der Waals surface area contributed by atoms with Gasteiger partial charge >= 0.3 is 0 Å². The largest absolute Gasteiger partial charge is 0.496 e. The number of carbonyl (C=O) groups is 1. The van der Waals surface area contributed by atoms with E-state index < -0.39 is 0 Å². The van der Waals surface area contributed by atoms with Crippen molar-refractivity contribution in [2.45, 2.75) is 38.5 Å². The number of aryl methyl sites for hydroxylation is 1. The summed E-state index contributed by atoms with van der Waals surface area (Å²) < 4.78 is 6.47. The zero-order chi connectivity index (χ0) is 12.6. The summed E-state index contributed by atoms with van der Waals surface area (Å²) in [6.07, 6.45) is 2.58. The van der Waals surface area contributed by atoms with Crippen LogP contribution in [0.15, 0.2) is 16.6 Å². The van der Waals surface area contributed by atoms with Crippen molar-refractivity contribution in [3.63, 3.8) is 0 Å². The molecule has 1 aliphatic carbocycles. The number of Topliss-reactive ketones (excluding diaryl/α,β-unsaturated/α-hetero) is 1. The lowest BCUT2D eigenvalue weighted by Crippen LogP contribution is -2.27. The number of halogens is 1. The third kappa shape index (κ3) is 2.01. The molecule has 2 nitrogen and oxygen atoms in total. The van der Waals surface area contributed by atoms with Crippen LogP contribution in [0.4, 0.5) is 0 Å². The van der Waals surface area contributed by atoms with Gasteiger partial charge in [-0.05, 0) is 44.4 Å². The predicted molar refractivity (Wildman–Crippen MR) is 71.6 cm³/mol. The van der Waals surface area contributed by atoms with Crippen LogP contribution in [-0.2, 0) is 10.2 Å². The van der Waals surface area contributed by atoms with Crippen LogP contribution in [0.2, 0.25) is 0 Å². The highest BCUT2D eigenvalue weighted by atomic mass is 79.9. The summed E-state index contributed by atoms with van der Waals surface area (Å²) in [5.74, 6) is 1.15. The van der Waals surface area contributed by atoms with Gasteiger partial charge in [-0.15, -0.1) is 0 Å². The van der Waals surface area contributed by atoms with Gasteiger partial charge in [-0.3, -0.25) is 4.79 Å². The van der Waals surface area contributed by atoms with E-state index in [4.69, 9.17) is 4.74 Å². The van der Waals surface area contributed by atoms with Crippen LogP contribution >= 0.6 is 15.9 Å². The average molecular weight is 297 g/mol. The molecule has 92 valence electrons. The van der Waals surface area contributed by atoms with E-state index in [2.05, 4.69) is 15.9 Å². The first-order valence-corrected chi connectivity index (χ1v) is 6.66. The van der Waals surface area contributed by atoms with E-state index in [0.717, 1.165) is 34.2 Å². The zero-order valence-electron chi connectivity index (χ0n) is 10.5.